The van der Waals surface area contributed by atoms with Gasteiger partial charge >= 0.3 is 6.09 Å². The maximum atomic E-state index is 11.7. The number of rotatable bonds is 3. The summed E-state index contributed by atoms with van der Waals surface area (Å²) in [7, 11) is 0. The van der Waals surface area contributed by atoms with Crippen LogP contribution in [0.5, 0.6) is 11.5 Å². The van der Waals surface area contributed by atoms with E-state index < -0.39 is 6.09 Å². The minimum atomic E-state index is -0.511. The van der Waals surface area contributed by atoms with Gasteiger partial charge in [-0.15, -0.1) is 0 Å². The lowest BCUT2D eigenvalue weighted by Crippen LogP contribution is -2.34. The molecule has 1 heterocycles. The molecule has 5 heteroatoms. The zero-order chi connectivity index (χ0) is 14.5. The average Bonchev–Trinajstić information content (AvgIpc) is 2.54. The van der Waals surface area contributed by atoms with E-state index in [4.69, 9.17) is 14.2 Å². The van der Waals surface area contributed by atoms with Crippen molar-refractivity contribution in [3.63, 3.8) is 0 Å². The highest BCUT2D eigenvalue weighted by atomic mass is 16.6. The van der Waals surface area contributed by atoms with Crippen LogP contribution >= 0.6 is 0 Å². The van der Waals surface area contributed by atoms with Crippen molar-refractivity contribution in [1.82, 2.24) is 0 Å². The molecule has 3 rings (SSSR count). The molecule has 5 nitrogen and oxygen atoms in total. The predicted octanol–water partition coefficient (Wildman–Crippen LogP) is 3.08. The predicted molar refractivity (Wildman–Crippen MR) is 77.8 cm³/mol. The summed E-state index contributed by atoms with van der Waals surface area (Å²) >= 11 is 0. The van der Waals surface area contributed by atoms with Crippen LogP contribution in [0.2, 0.25) is 0 Å². The van der Waals surface area contributed by atoms with Crippen molar-refractivity contribution in [2.45, 2.75) is 6.10 Å². The molecule has 0 aliphatic carbocycles. The first-order valence-electron chi connectivity index (χ1n) is 6.68. The van der Waals surface area contributed by atoms with Crippen LogP contribution in [-0.2, 0) is 4.74 Å². The smallest absolute Gasteiger partial charge is 0.411 e. The minimum absolute atomic E-state index is 0.132. The van der Waals surface area contributed by atoms with Gasteiger partial charge in [0.1, 0.15) is 13.2 Å². The summed E-state index contributed by atoms with van der Waals surface area (Å²) in [4.78, 5) is 11.7. The lowest BCUT2D eigenvalue weighted by molar-refractivity contribution is 0.0373. The van der Waals surface area contributed by atoms with Crippen molar-refractivity contribution in [1.29, 1.82) is 0 Å². The Morgan fingerprint density at radius 3 is 2.62 bits per heavy atom. The number of amides is 1. The van der Waals surface area contributed by atoms with Crippen molar-refractivity contribution >= 4 is 11.8 Å². The normalized spacial score (nSPS) is 16.1. The molecular formula is C16H15NO4. The first-order valence-corrected chi connectivity index (χ1v) is 6.68. The fourth-order valence-corrected chi connectivity index (χ4v) is 1.99. The number of hydrogen-bond donors (Lipinski definition) is 1. The van der Waals surface area contributed by atoms with Gasteiger partial charge in [-0.1, -0.05) is 30.3 Å². The van der Waals surface area contributed by atoms with Gasteiger partial charge in [0, 0.05) is 5.69 Å². The number of nitrogens with one attached hydrogen (secondary N) is 1. The van der Waals surface area contributed by atoms with E-state index in [-0.39, 0.29) is 12.7 Å². The molecule has 1 aliphatic rings. The molecule has 2 aromatic carbocycles. The van der Waals surface area contributed by atoms with Crippen molar-refractivity contribution < 1.29 is 19.0 Å². The highest BCUT2D eigenvalue weighted by molar-refractivity contribution is 5.84. The lowest BCUT2D eigenvalue weighted by atomic mass is 10.3. The average molecular weight is 285 g/mol. The van der Waals surface area contributed by atoms with Crippen LogP contribution in [0.3, 0.4) is 0 Å². The number of anilines is 1. The molecule has 2 aromatic rings. The molecule has 0 radical (unpaired) electrons. The summed E-state index contributed by atoms with van der Waals surface area (Å²) < 4.78 is 16.4. The second kappa shape index (κ2) is 6.17. The molecule has 21 heavy (non-hydrogen) atoms. The number of ether oxygens (including phenoxy) is 3. The monoisotopic (exact) mass is 285 g/mol. The first kappa shape index (κ1) is 13.3. The minimum Gasteiger partial charge on any atom is -0.486 e. The Balaban J connectivity index is 1.49. The molecule has 1 aliphatic heterocycles. The number of carbonyl (C=O) groups excluding carboxylic acids is 1. The topological polar surface area (TPSA) is 56.8 Å². The molecule has 0 saturated heterocycles. The molecule has 0 spiro atoms. The third kappa shape index (κ3) is 3.45. The van der Waals surface area contributed by atoms with E-state index in [2.05, 4.69) is 5.32 Å². The Hall–Kier alpha value is -2.69. The lowest BCUT2D eigenvalue weighted by Gasteiger charge is -2.26. The third-order valence-corrected chi connectivity index (χ3v) is 2.99. The quantitative estimate of drug-likeness (QED) is 0.941. The highest BCUT2D eigenvalue weighted by Gasteiger charge is 2.21. The van der Waals surface area contributed by atoms with Crippen molar-refractivity contribution in [3.8, 4) is 11.5 Å². The van der Waals surface area contributed by atoms with Gasteiger partial charge in [0.15, 0.2) is 17.6 Å². The van der Waals surface area contributed by atoms with Crippen LogP contribution in [0, 0.1) is 0 Å². The zero-order valence-corrected chi connectivity index (χ0v) is 11.3. The van der Waals surface area contributed by atoms with E-state index in [9.17, 15) is 4.79 Å². The van der Waals surface area contributed by atoms with Gasteiger partial charge in [-0.3, -0.25) is 5.32 Å². The zero-order valence-electron chi connectivity index (χ0n) is 11.3. The van der Waals surface area contributed by atoms with Crippen LogP contribution in [0.15, 0.2) is 54.6 Å². The maximum absolute atomic E-state index is 11.7. The van der Waals surface area contributed by atoms with Gasteiger partial charge in [0.05, 0.1) is 0 Å². The molecular weight excluding hydrogens is 270 g/mol. The highest BCUT2D eigenvalue weighted by Crippen LogP contribution is 2.30. The standard InChI is InChI=1S/C16H15NO4/c18-16(17-12-6-2-1-3-7-12)20-11-13-10-19-14-8-4-5-9-15(14)21-13/h1-9,13H,10-11H2,(H,17,18)/t13-/m1/s1. The van der Waals surface area contributed by atoms with Crippen molar-refractivity contribution in [3.05, 3.63) is 54.6 Å². The molecule has 0 fully saturated rings. The molecule has 1 N–H and O–H groups in total. The Bertz CT molecular complexity index is 615. The van der Waals surface area contributed by atoms with Gasteiger partial charge in [-0.2, -0.15) is 0 Å². The van der Waals surface area contributed by atoms with Gasteiger partial charge in [0.25, 0.3) is 0 Å². The van der Waals surface area contributed by atoms with Crippen LogP contribution < -0.4 is 14.8 Å². The largest absolute Gasteiger partial charge is 0.486 e. The van der Waals surface area contributed by atoms with E-state index in [1.165, 1.54) is 0 Å². The second-order valence-corrected chi connectivity index (χ2v) is 4.59. The van der Waals surface area contributed by atoms with Crippen LogP contribution in [0.4, 0.5) is 10.5 Å². The first-order chi connectivity index (χ1) is 10.3. The Labute approximate surface area is 122 Å². The van der Waals surface area contributed by atoms with Crippen LogP contribution in [0.25, 0.3) is 0 Å². The molecule has 0 aromatic heterocycles. The Morgan fingerprint density at radius 1 is 1.10 bits per heavy atom. The van der Waals surface area contributed by atoms with Crippen molar-refractivity contribution in [2.75, 3.05) is 18.5 Å². The summed E-state index contributed by atoms with van der Waals surface area (Å²) in [6.45, 7) is 0.489. The van der Waals surface area contributed by atoms with Gasteiger partial charge in [0.2, 0.25) is 0 Å². The summed E-state index contributed by atoms with van der Waals surface area (Å²) in [5.74, 6) is 1.38. The van der Waals surface area contributed by atoms with Crippen LogP contribution in [0.1, 0.15) is 0 Å². The van der Waals surface area contributed by atoms with E-state index in [0.29, 0.717) is 23.8 Å². The molecule has 0 unspecified atom stereocenters. The van der Waals surface area contributed by atoms with Gasteiger partial charge < -0.3 is 14.2 Å². The summed E-state index contributed by atoms with van der Waals surface area (Å²) in [6.07, 6.45) is -0.815. The Morgan fingerprint density at radius 2 is 1.81 bits per heavy atom. The Kier molecular flexibility index (Phi) is 3.91. The SMILES string of the molecule is O=C(Nc1ccccc1)OC[C@H]1COc2ccccc2O1. The summed E-state index contributed by atoms with van der Waals surface area (Å²) in [5, 5.41) is 2.64. The number of benzene rings is 2. The number of carbonyl (C=O) groups is 1. The number of hydrogen-bond acceptors (Lipinski definition) is 4. The van der Waals surface area contributed by atoms with Crippen LogP contribution in [-0.4, -0.2) is 25.4 Å². The van der Waals surface area contributed by atoms with E-state index in [0.717, 1.165) is 0 Å². The van der Waals surface area contributed by atoms with E-state index in [1.807, 2.05) is 42.5 Å². The maximum Gasteiger partial charge on any atom is 0.411 e. The van der Waals surface area contributed by atoms with Gasteiger partial charge in [-0.05, 0) is 24.3 Å². The number of para-hydroxylation sites is 3. The van der Waals surface area contributed by atoms with E-state index in [1.54, 1.807) is 12.1 Å². The molecule has 1 atom stereocenters. The molecule has 108 valence electrons. The van der Waals surface area contributed by atoms with E-state index >= 15 is 0 Å². The molecule has 0 bridgehead atoms. The number of fused-ring (bicyclic) bond motifs is 1. The fraction of sp³-hybridized carbons (Fsp3) is 0.188. The summed E-state index contributed by atoms with van der Waals surface area (Å²) in [6, 6.07) is 16.5. The second-order valence-electron chi connectivity index (χ2n) is 4.59. The molecule has 0 saturated carbocycles. The summed E-state index contributed by atoms with van der Waals surface area (Å²) in [5.41, 5.74) is 0.689. The van der Waals surface area contributed by atoms with Gasteiger partial charge in [-0.25, -0.2) is 4.79 Å². The third-order valence-electron chi connectivity index (χ3n) is 2.99. The van der Waals surface area contributed by atoms with Crippen molar-refractivity contribution in [2.24, 2.45) is 0 Å². The fourth-order valence-electron chi connectivity index (χ4n) is 1.99. The molecule has 1 amide bonds.